The number of Topliss-reactive ketones (excluding diaryl/α,β-unsaturated/α-hetero) is 1. The second-order valence-electron chi connectivity index (χ2n) is 7.81. The first-order valence-electron chi connectivity index (χ1n) is 10.5. The summed E-state index contributed by atoms with van der Waals surface area (Å²) in [5.41, 5.74) is 0. The van der Waals surface area contributed by atoms with Gasteiger partial charge in [0.05, 0.1) is 22.1 Å². The van der Waals surface area contributed by atoms with Crippen LogP contribution in [0.5, 0.6) is 0 Å². The van der Waals surface area contributed by atoms with Gasteiger partial charge in [0.15, 0.2) is 5.78 Å². The molecule has 0 spiro atoms. The summed E-state index contributed by atoms with van der Waals surface area (Å²) in [4.78, 5) is 12.4. The number of carbonyl (C=O) groups is 1. The van der Waals surface area contributed by atoms with E-state index in [1.807, 2.05) is 24.3 Å². The lowest BCUT2D eigenvalue weighted by Gasteiger charge is -2.20. The van der Waals surface area contributed by atoms with E-state index < -0.39 is 18.8 Å². The highest BCUT2D eigenvalue weighted by Crippen LogP contribution is 2.36. The Morgan fingerprint density at radius 3 is 2.80 bits per heavy atom. The van der Waals surface area contributed by atoms with Crippen LogP contribution >= 0.6 is 27.3 Å². The van der Waals surface area contributed by atoms with Crippen LogP contribution in [0.25, 0.3) is 0 Å². The van der Waals surface area contributed by atoms with Crippen molar-refractivity contribution in [3.8, 4) is 0 Å². The zero-order valence-corrected chi connectivity index (χ0v) is 19.9. The number of aryl methyl sites for hydroxylation is 1. The molecule has 7 heteroatoms. The van der Waals surface area contributed by atoms with E-state index in [0.717, 1.165) is 23.0 Å². The van der Waals surface area contributed by atoms with E-state index in [1.165, 1.54) is 4.88 Å². The monoisotopic (exact) mass is 500 g/mol. The van der Waals surface area contributed by atoms with Crippen LogP contribution in [0.2, 0.25) is 0 Å². The van der Waals surface area contributed by atoms with Crippen molar-refractivity contribution in [1.82, 2.24) is 0 Å². The molecule has 3 N–H and O–H groups in total. The molecule has 1 aliphatic carbocycles. The number of rotatable bonds is 13. The predicted octanol–water partition coefficient (Wildman–Crippen LogP) is 4.05. The maximum Gasteiger partial charge on any atom is 0.158 e. The first-order valence-corrected chi connectivity index (χ1v) is 12.1. The van der Waals surface area contributed by atoms with Gasteiger partial charge in [0.1, 0.15) is 6.61 Å². The van der Waals surface area contributed by atoms with Crippen molar-refractivity contribution in [3.05, 3.63) is 45.1 Å². The molecule has 1 saturated carbocycles. The predicted molar refractivity (Wildman–Crippen MR) is 124 cm³/mol. The fraction of sp³-hybridized carbons (Fsp3) is 0.609. The molecule has 1 aromatic heterocycles. The number of methoxy groups -OCH3 is 1. The summed E-state index contributed by atoms with van der Waals surface area (Å²) in [6.07, 6.45) is 11.7. The number of carbonyl (C=O) groups excluding carboxylic acids is 1. The molecule has 5 nitrogen and oxygen atoms in total. The Balaban J connectivity index is 1.85. The lowest BCUT2D eigenvalue weighted by atomic mass is 9.89. The van der Waals surface area contributed by atoms with Crippen LogP contribution in [-0.4, -0.2) is 53.1 Å². The molecule has 0 amide bonds. The third-order valence-electron chi connectivity index (χ3n) is 5.65. The molecule has 1 aliphatic rings. The number of ketones is 1. The van der Waals surface area contributed by atoms with E-state index in [4.69, 9.17) is 9.84 Å². The largest absolute Gasteiger partial charge is 0.393 e. The van der Waals surface area contributed by atoms with E-state index in [1.54, 1.807) is 18.4 Å². The van der Waals surface area contributed by atoms with Crippen LogP contribution in [0.15, 0.2) is 40.2 Å². The van der Waals surface area contributed by atoms with Crippen LogP contribution in [-0.2, 0) is 16.0 Å². The zero-order chi connectivity index (χ0) is 21.9. The Morgan fingerprint density at radius 2 is 2.13 bits per heavy atom. The Bertz CT molecular complexity index is 702. The summed E-state index contributed by atoms with van der Waals surface area (Å²) < 4.78 is 6.72. The minimum atomic E-state index is -0.553. The normalized spacial score (nSPS) is 25.5. The van der Waals surface area contributed by atoms with Crippen molar-refractivity contribution < 1.29 is 24.9 Å². The number of unbranched alkanes of at least 4 members (excludes halogenated alkanes) is 1. The minimum Gasteiger partial charge on any atom is -0.393 e. The average Bonchev–Trinajstić information content (AvgIpc) is 3.26. The molecule has 0 bridgehead atoms. The van der Waals surface area contributed by atoms with Crippen LogP contribution < -0.4 is 0 Å². The highest BCUT2D eigenvalue weighted by molar-refractivity contribution is 9.11. The molecule has 0 saturated heterocycles. The lowest BCUT2D eigenvalue weighted by Crippen LogP contribution is -2.20. The van der Waals surface area contributed by atoms with E-state index >= 15 is 0 Å². The second kappa shape index (κ2) is 13.6. The van der Waals surface area contributed by atoms with Crippen LogP contribution in [0.1, 0.15) is 43.4 Å². The maximum absolute atomic E-state index is 11.1. The van der Waals surface area contributed by atoms with Gasteiger partial charge in [-0.3, -0.25) is 4.79 Å². The molecule has 0 aromatic carbocycles. The number of aliphatic hydroxyl groups excluding tert-OH is 3. The smallest absolute Gasteiger partial charge is 0.158 e. The van der Waals surface area contributed by atoms with Crippen molar-refractivity contribution in [2.45, 2.75) is 63.3 Å². The number of allylic oxidation sites excluding steroid dienone is 2. The molecule has 5 atom stereocenters. The van der Waals surface area contributed by atoms with Gasteiger partial charge in [-0.2, -0.15) is 0 Å². The SMILES string of the molecule is COC(C=C[C@@H]1[C@@H](CC=CCCCC(=O)CO)[C@@H](O)C[C@H]1O)CCc1ccc(Br)s1. The molecule has 2 rings (SSSR count). The van der Waals surface area contributed by atoms with Crippen LogP contribution in [0.4, 0.5) is 0 Å². The first-order chi connectivity index (χ1) is 14.4. The van der Waals surface area contributed by atoms with Gasteiger partial charge >= 0.3 is 0 Å². The Morgan fingerprint density at radius 1 is 1.33 bits per heavy atom. The van der Waals surface area contributed by atoms with E-state index in [9.17, 15) is 15.0 Å². The van der Waals surface area contributed by atoms with Crippen molar-refractivity contribution in [3.63, 3.8) is 0 Å². The summed E-state index contributed by atoms with van der Waals surface area (Å²) in [5, 5.41) is 29.5. The molecule has 1 unspecified atom stereocenters. The first kappa shape index (κ1) is 25.4. The summed E-state index contributed by atoms with van der Waals surface area (Å²) in [7, 11) is 1.70. The summed E-state index contributed by atoms with van der Waals surface area (Å²) >= 11 is 5.21. The number of aliphatic hydroxyl groups is 3. The fourth-order valence-electron chi connectivity index (χ4n) is 3.89. The standard InChI is InChI=1S/C23H33BrO5S/c1-29-17(8-10-18-11-13-23(24)30-18)9-12-20-19(21(27)14-22(20)28)7-5-3-2-4-6-16(26)15-25/h3,5,9,11-13,17,19-22,25,27-28H,2,4,6-8,10,14-15H2,1H3/t17?,19-,20-,21+,22-/m1/s1. The minimum absolute atomic E-state index is 0.0302. The molecule has 30 heavy (non-hydrogen) atoms. The molecule has 1 heterocycles. The van der Waals surface area contributed by atoms with Crippen molar-refractivity contribution in [2.75, 3.05) is 13.7 Å². The third-order valence-corrected chi connectivity index (χ3v) is 7.33. The molecule has 1 aromatic rings. The van der Waals surface area contributed by atoms with Gasteiger partial charge in [-0.05, 0) is 66.1 Å². The number of hydrogen-bond donors (Lipinski definition) is 3. The average molecular weight is 501 g/mol. The number of thiophene rings is 1. The molecule has 1 fully saturated rings. The Kier molecular flexibility index (Phi) is 11.5. The third kappa shape index (κ3) is 8.36. The van der Waals surface area contributed by atoms with Gasteiger partial charge in [0.25, 0.3) is 0 Å². The van der Waals surface area contributed by atoms with Crippen LogP contribution in [0.3, 0.4) is 0 Å². The molecule has 168 valence electrons. The second-order valence-corrected chi connectivity index (χ2v) is 10.4. The molecule has 0 aliphatic heterocycles. The number of halogens is 1. The summed E-state index contributed by atoms with van der Waals surface area (Å²) in [6.45, 7) is -0.392. The van der Waals surface area contributed by atoms with Gasteiger partial charge in [-0.15, -0.1) is 11.3 Å². The van der Waals surface area contributed by atoms with E-state index in [0.29, 0.717) is 25.7 Å². The Hall–Kier alpha value is -0.830. The van der Waals surface area contributed by atoms with Gasteiger partial charge < -0.3 is 20.1 Å². The van der Waals surface area contributed by atoms with Crippen molar-refractivity contribution >= 4 is 33.0 Å². The number of hydrogen-bond acceptors (Lipinski definition) is 6. The van der Waals surface area contributed by atoms with Gasteiger partial charge in [-0.1, -0.05) is 24.3 Å². The van der Waals surface area contributed by atoms with E-state index in [-0.39, 0.29) is 23.7 Å². The lowest BCUT2D eigenvalue weighted by molar-refractivity contribution is -0.121. The van der Waals surface area contributed by atoms with Crippen LogP contribution in [0, 0.1) is 11.8 Å². The zero-order valence-electron chi connectivity index (χ0n) is 17.5. The van der Waals surface area contributed by atoms with Crippen molar-refractivity contribution in [1.29, 1.82) is 0 Å². The highest BCUT2D eigenvalue weighted by atomic mass is 79.9. The summed E-state index contributed by atoms with van der Waals surface area (Å²) in [6, 6.07) is 4.17. The van der Waals surface area contributed by atoms with E-state index in [2.05, 4.69) is 28.1 Å². The highest BCUT2D eigenvalue weighted by Gasteiger charge is 2.39. The van der Waals surface area contributed by atoms with Gasteiger partial charge in [-0.25, -0.2) is 0 Å². The molecular formula is C23H33BrO5S. The molecular weight excluding hydrogens is 468 g/mol. The summed E-state index contributed by atoms with van der Waals surface area (Å²) in [5.74, 6) is -0.270. The quantitative estimate of drug-likeness (QED) is 0.281. The van der Waals surface area contributed by atoms with Crippen molar-refractivity contribution in [2.24, 2.45) is 11.8 Å². The number of ether oxygens (including phenoxy) is 1. The Labute approximate surface area is 191 Å². The van der Waals surface area contributed by atoms with Gasteiger partial charge in [0, 0.05) is 30.7 Å². The van der Waals surface area contributed by atoms with Gasteiger partial charge in [0.2, 0.25) is 0 Å². The molecule has 0 radical (unpaired) electrons. The maximum atomic E-state index is 11.1. The topological polar surface area (TPSA) is 87.0 Å². The fourth-order valence-corrected chi connectivity index (χ4v) is 5.39.